The summed E-state index contributed by atoms with van der Waals surface area (Å²) in [5.41, 5.74) is 0.416. The van der Waals surface area contributed by atoms with Crippen LogP contribution in [0.5, 0.6) is 0 Å². The minimum atomic E-state index is -0.0905. The Morgan fingerprint density at radius 1 is 1.04 bits per heavy atom. The molecule has 0 aromatic carbocycles. The Labute approximate surface area is 142 Å². The Kier molecular flexibility index (Phi) is 5.27. The molecule has 0 atom stereocenters. The normalized spacial score (nSPS) is 19.2. The van der Waals surface area contributed by atoms with Crippen molar-refractivity contribution in [3.05, 3.63) is 18.1 Å². The molecule has 1 aromatic rings. The molecule has 2 fully saturated rings. The molecule has 7 heteroatoms. The van der Waals surface area contributed by atoms with Gasteiger partial charge in [-0.1, -0.05) is 19.3 Å². The van der Waals surface area contributed by atoms with Crippen molar-refractivity contribution in [3.63, 3.8) is 0 Å². The second-order valence-corrected chi connectivity index (χ2v) is 6.57. The van der Waals surface area contributed by atoms with Crippen molar-refractivity contribution in [1.29, 1.82) is 0 Å². The van der Waals surface area contributed by atoms with E-state index in [1.54, 1.807) is 22.8 Å². The van der Waals surface area contributed by atoms with Crippen molar-refractivity contribution in [1.82, 2.24) is 19.8 Å². The largest absolute Gasteiger partial charge is 0.367 e. The van der Waals surface area contributed by atoms with Gasteiger partial charge in [-0.3, -0.25) is 9.59 Å². The van der Waals surface area contributed by atoms with Gasteiger partial charge in [0.25, 0.3) is 5.91 Å². The number of hydrogen-bond acceptors (Lipinski definition) is 5. The molecule has 24 heavy (non-hydrogen) atoms. The molecule has 7 nitrogen and oxygen atoms in total. The first kappa shape index (κ1) is 16.7. The van der Waals surface area contributed by atoms with Gasteiger partial charge in [-0.05, 0) is 12.8 Å². The van der Waals surface area contributed by atoms with Crippen molar-refractivity contribution in [2.45, 2.75) is 45.1 Å². The Morgan fingerprint density at radius 3 is 2.38 bits per heavy atom. The van der Waals surface area contributed by atoms with Gasteiger partial charge in [-0.15, -0.1) is 0 Å². The van der Waals surface area contributed by atoms with Crippen LogP contribution in [0.4, 0.5) is 5.82 Å². The number of rotatable bonds is 3. The van der Waals surface area contributed by atoms with Gasteiger partial charge in [0.05, 0.1) is 0 Å². The van der Waals surface area contributed by atoms with E-state index in [1.807, 2.05) is 0 Å². The second kappa shape index (κ2) is 7.59. The monoisotopic (exact) mass is 331 g/mol. The second-order valence-electron chi connectivity index (χ2n) is 6.57. The fourth-order valence-electron chi connectivity index (χ4n) is 3.40. The third-order valence-electron chi connectivity index (χ3n) is 4.86. The van der Waals surface area contributed by atoms with Crippen LogP contribution in [0.1, 0.15) is 49.5 Å². The number of amides is 2. The smallest absolute Gasteiger partial charge is 0.272 e. The number of carbonyl (C=O) groups is 2. The summed E-state index contributed by atoms with van der Waals surface area (Å²) in [6.45, 7) is 3.82. The minimum absolute atomic E-state index is 0.0584. The van der Waals surface area contributed by atoms with E-state index >= 15 is 0 Å². The predicted molar refractivity (Wildman–Crippen MR) is 90.7 cm³/mol. The molecule has 1 saturated heterocycles. The molecule has 0 spiro atoms. The van der Waals surface area contributed by atoms with Crippen molar-refractivity contribution in [2.75, 3.05) is 31.5 Å². The first-order valence-corrected chi connectivity index (χ1v) is 8.77. The van der Waals surface area contributed by atoms with Crippen LogP contribution in [0.2, 0.25) is 0 Å². The Morgan fingerprint density at radius 2 is 1.71 bits per heavy atom. The van der Waals surface area contributed by atoms with E-state index in [-0.39, 0.29) is 11.8 Å². The molecule has 1 aliphatic heterocycles. The zero-order valence-corrected chi connectivity index (χ0v) is 14.2. The lowest BCUT2D eigenvalue weighted by Gasteiger charge is -2.34. The summed E-state index contributed by atoms with van der Waals surface area (Å²) in [5.74, 6) is 0.693. The van der Waals surface area contributed by atoms with E-state index in [1.165, 1.54) is 25.6 Å². The number of anilines is 1. The van der Waals surface area contributed by atoms with E-state index in [9.17, 15) is 9.59 Å². The number of aromatic nitrogens is 2. The van der Waals surface area contributed by atoms with Crippen LogP contribution in [0.25, 0.3) is 0 Å². The molecule has 2 aliphatic rings. The summed E-state index contributed by atoms with van der Waals surface area (Å²) >= 11 is 0. The lowest BCUT2D eigenvalue weighted by Crippen LogP contribution is -2.50. The predicted octanol–water partition coefficient (Wildman–Crippen LogP) is 1.53. The summed E-state index contributed by atoms with van der Waals surface area (Å²) < 4.78 is 0. The van der Waals surface area contributed by atoms with Crippen molar-refractivity contribution < 1.29 is 9.59 Å². The van der Waals surface area contributed by atoms with Gasteiger partial charge >= 0.3 is 0 Å². The number of piperazine rings is 1. The topological polar surface area (TPSA) is 78.4 Å². The number of hydrogen-bond donors (Lipinski definition) is 1. The number of nitrogens with one attached hydrogen (secondary N) is 1. The first-order chi connectivity index (χ1) is 11.6. The van der Waals surface area contributed by atoms with Gasteiger partial charge in [-0.25, -0.2) is 9.97 Å². The Balaban J connectivity index is 1.61. The molecule has 0 bridgehead atoms. The molecule has 1 N–H and O–H groups in total. The minimum Gasteiger partial charge on any atom is -0.367 e. The Hall–Kier alpha value is -2.18. The van der Waals surface area contributed by atoms with Crippen molar-refractivity contribution >= 4 is 17.6 Å². The van der Waals surface area contributed by atoms with Crippen LogP contribution in [-0.4, -0.2) is 63.8 Å². The molecule has 0 radical (unpaired) electrons. The summed E-state index contributed by atoms with van der Waals surface area (Å²) in [6, 6.07) is 2.18. The maximum atomic E-state index is 12.6. The molecule has 2 heterocycles. The highest BCUT2D eigenvalue weighted by atomic mass is 16.2. The zero-order valence-electron chi connectivity index (χ0n) is 14.2. The molecule has 2 amide bonds. The summed E-state index contributed by atoms with van der Waals surface area (Å²) in [7, 11) is 0. The molecular formula is C17H25N5O2. The number of carbonyl (C=O) groups excluding carboxylic acids is 2. The highest BCUT2D eigenvalue weighted by Gasteiger charge is 2.24. The van der Waals surface area contributed by atoms with E-state index in [4.69, 9.17) is 0 Å². The number of nitrogens with zero attached hydrogens (tertiary/aromatic N) is 4. The third kappa shape index (κ3) is 4.01. The van der Waals surface area contributed by atoms with E-state index in [0.29, 0.717) is 37.9 Å². The van der Waals surface area contributed by atoms with Crippen LogP contribution in [0, 0.1) is 0 Å². The summed E-state index contributed by atoms with van der Waals surface area (Å²) in [6.07, 6.45) is 7.55. The SMILES string of the molecule is CC(=O)N1CCN(C(=O)c2cc(NC3CCCCC3)ncn2)CC1. The molecule has 1 aliphatic carbocycles. The van der Waals surface area contributed by atoms with Crippen LogP contribution in [0.15, 0.2) is 12.4 Å². The molecule has 3 rings (SSSR count). The van der Waals surface area contributed by atoms with Gasteiger partial charge in [0.15, 0.2) is 0 Å². The lowest BCUT2D eigenvalue weighted by molar-refractivity contribution is -0.130. The maximum Gasteiger partial charge on any atom is 0.272 e. The van der Waals surface area contributed by atoms with E-state index in [0.717, 1.165) is 18.7 Å². The fourth-order valence-corrected chi connectivity index (χ4v) is 3.40. The average molecular weight is 331 g/mol. The molecule has 130 valence electrons. The highest BCUT2D eigenvalue weighted by Crippen LogP contribution is 2.21. The van der Waals surface area contributed by atoms with Crippen molar-refractivity contribution in [3.8, 4) is 0 Å². The third-order valence-corrected chi connectivity index (χ3v) is 4.86. The molecule has 1 saturated carbocycles. The molecular weight excluding hydrogens is 306 g/mol. The van der Waals surface area contributed by atoms with Crippen molar-refractivity contribution in [2.24, 2.45) is 0 Å². The van der Waals surface area contributed by atoms with Gasteiger partial charge in [0, 0.05) is 45.2 Å². The van der Waals surface area contributed by atoms with Crippen LogP contribution in [0.3, 0.4) is 0 Å². The maximum absolute atomic E-state index is 12.6. The van der Waals surface area contributed by atoms with Crippen LogP contribution >= 0.6 is 0 Å². The summed E-state index contributed by atoms with van der Waals surface area (Å²) in [5, 5.41) is 3.43. The molecule has 1 aromatic heterocycles. The van der Waals surface area contributed by atoms with Gasteiger partial charge in [0.1, 0.15) is 17.8 Å². The van der Waals surface area contributed by atoms with Crippen LogP contribution < -0.4 is 5.32 Å². The van der Waals surface area contributed by atoms with Crippen LogP contribution in [-0.2, 0) is 4.79 Å². The average Bonchev–Trinajstić information content (AvgIpc) is 2.62. The quantitative estimate of drug-likeness (QED) is 0.909. The zero-order chi connectivity index (χ0) is 16.9. The lowest BCUT2D eigenvalue weighted by atomic mass is 9.95. The standard InChI is InChI=1S/C17H25N5O2/c1-13(23)21-7-9-22(10-8-21)17(24)15-11-16(19-12-18-15)20-14-5-3-2-4-6-14/h11-12,14H,2-10H2,1H3,(H,18,19,20). The van der Waals surface area contributed by atoms with E-state index in [2.05, 4.69) is 15.3 Å². The van der Waals surface area contributed by atoms with Gasteiger partial charge in [0.2, 0.25) is 5.91 Å². The Bertz CT molecular complexity index is 592. The van der Waals surface area contributed by atoms with E-state index < -0.39 is 0 Å². The molecule has 0 unspecified atom stereocenters. The summed E-state index contributed by atoms with van der Waals surface area (Å²) in [4.78, 5) is 35.9. The first-order valence-electron chi connectivity index (χ1n) is 8.77. The highest BCUT2D eigenvalue weighted by molar-refractivity contribution is 5.93. The van der Waals surface area contributed by atoms with Gasteiger partial charge < -0.3 is 15.1 Å². The fraction of sp³-hybridized carbons (Fsp3) is 0.647. The van der Waals surface area contributed by atoms with Gasteiger partial charge in [-0.2, -0.15) is 0 Å².